The van der Waals surface area contributed by atoms with Gasteiger partial charge in [-0.3, -0.25) is 4.79 Å². The average molecular weight is 250 g/mol. The van der Waals surface area contributed by atoms with Gasteiger partial charge in [0.05, 0.1) is 0 Å². The molecule has 1 saturated carbocycles. The smallest absolute Gasteiger partial charge is 0.230 e. The minimum absolute atomic E-state index is 0.309. The first-order valence-corrected chi connectivity index (χ1v) is 6.82. The van der Waals surface area contributed by atoms with Crippen LogP contribution < -0.4 is 4.90 Å². The second kappa shape index (κ2) is 4.34. The van der Waals surface area contributed by atoms with Crippen LogP contribution in [0.25, 0.3) is 0 Å². The maximum Gasteiger partial charge on any atom is 0.230 e. The number of carbonyl (C=O) groups is 1. The van der Waals surface area contributed by atoms with E-state index in [4.69, 9.17) is 11.6 Å². The SMILES string of the molecule is O=C(C1CC1)N1CCc2cc(CCCl)ccc21. The summed E-state index contributed by atoms with van der Waals surface area (Å²) < 4.78 is 0. The lowest BCUT2D eigenvalue weighted by Gasteiger charge is -2.17. The number of fused-ring (bicyclic) bond motifs is 1. The third-order valence-electron chi connectivity index (χ3n) is 3.62. The van der Waals surface area contributed by atoms with Crippen LogP contribution in [0.1, 0.15) is 24.0 Å². The van der Waals surface area contributed by atoms with Gasteiger partial charge in [-0.2, -0.15) is 0 Å². The van der Waals surface area contributed by atoms with E-state index in [1.165, 1.54) is 11.1 Å². The summed E-state index contributed by atoms with van der Waals surface area (Å²) in [6, 6.07) is 6.39. The first-order chi connectivity index (χ1) is 8.29. The molecule has 1 aromatic rings. The lowest BCUT2D eigenvalue weighted by molar-refractivity contribution is -0.119. The quantitative estimate of drug-likeness (QED) is 0.755. The lowest BCUT2D eigenvalue weighted by atomic mass is 10.1. The van der Waals surface area contributed by atoms with Crippen LogP contribution in [0.2, 0.25) is 0 Å². The maximum atomic E-state index is 12.1. The Hall–Kier alpha value is -1.02. The molecule has 0 spiro atoms. The topological polar surface area (TPSA) is 20.3 Å². The highest BCUT2D eigenvalue weighted by molar-refractivity contribution is 6.18. The highest BCUT2D eigenvalue weighted by Gasteiger charge is 2.36. The van der Waals surface area contributed by atoms with Crippen LogP contribution in [-0.4, -0.2) is 18.3 Å². The van der Waals surface area contributed by atoms with Gasteiger partial charge in [0.1, 0.15) is 0 Å². The summed E-state index contributed by atoms with van der Waals surface area (Å²) in [5.41, 5.74) is 3.71. The molecular weight excluding hydrogens is 234 g/mol. The van der Waals surface area contributed by atoms with E-state index in [1.54, 1.807) is 0 Å². The fourth-order valence-electron chi connectivity index (χ4n) is 2.50. The number of hydrogen-bond donors (Lipinski definition) is 0. The van der Waals surface area contributed by atoms with Gasteiger partial charge >= 0.3 is 0 Å². The number of hydrogen-bond acceptors (Lipinski definition) is 1. The summed E-state index contributed by atoms with van der Waals surface area (Å²) in [7, 11) is 0. The molecule has 2 nitrogen and oxygen atoms in total. The normalized spacial score (nSPS) is 18.3. The molecule has 3 rings (SSSR count). The van der Waals surface area contributed by atoms with E-state index in [-0.39, 0.29) is 0 Å². The van der Waals surface area contributed by atoms with E-state index in [9.17, 15) is 4.79 Å². The molecule has 1 aromatic carbocycles. The van der Waals surface area contributed by atoms with E-state index < -0.39 is 0 Å². The Morgan fingerprint density at radius 2 is 2.24 bits per heavy atom. The van der Waals surface area contributed by atoms with Crippen molar-refractivity contribution in [3.8, 4) is 0 Å². The maximum absolute atomic E-state index is 12.1. The number of aryl methyl sites for hydroxylation is 1. The molecule has 0 radical (unpaired) electrons. The second-order valence-electron chi connectivity index (χ2n) is 4.92. The number of halogens is 1. The number of alkyl halides is 1. The summed E-state index contributed by atoms with van der Waals surface area (Å²) in [6.07, 6.45) is 4.05. The standard InChI is InChI=1S/C14H16ClNO/c15-7-5-10-1-4-13-12(9-10)6-8-16(13)14(17)11-2-3-11/h1,4,9,11H,2-3,5-8H2. The summed E-state index contributed by atoms with van der Waals surface area (Å²) in [5, 5.41) is 0. The predicted octanol–water partition coefficient (Wildman–Crippen LogP) is 2.77. The summed E-state index contributed by atoms with van der Waals surface area (Å²) >= 11 is 5.75. The molecule has 1 aliphatic heterocycles. The van der Waals surface area contributed by atoms with Gasteiger partial charge in [0, 0.05) is 24.0 Å². The van der Waals surface area contributed by atoms with E-state index in [0.29, 0.717) is 17.7 Å². The Kier molecular flexibility index (Phi) is 2.83. The molecule has 0 atom stereocenters. The lowest BCUT2D eigenvalue weighted by Crippen LogP contribution is -2.30. The highest BCUT2D eigenvalue weighted by Crippen LogP contribution is 2.36. The van der Waals surface area contributed by atoms with Gasteiger partial charge in [0.25, 0.3) is 0 Å². The summed E-state index contributed by atoms with van der Waals surface area (Å²) in [5.74, 6) is 1.29. The Morgan fingerprint density at radius 1 is 1.41 bits per heavy atom. The molecular formula is C14H16ClNO. The van der Waals surface area contributed by atoms with Crippen molar-refractivity contribution in [2.45, 2.75) is 25.7 Å². The molecule has 1 amide bonds. The molecule has 0 N–H and O–H groups in total. The van der Waals surface area contributed by atoms with Gasteiger partial charge in [-0.05, 0) is 42.9 Å². The molecule has 3 heteroatoms. The van der Waals surface area contributed by atoms with Crippen LogP contribution in [-0.2, 0) is 17.6 Å². The molecule has 1 heterocycles. The molecule has 0 bridgehead atoms. The third kappa shape index (κ3) is 2.06. The fourth-order valence-corrected chi connectivity index (χ4v) is 2.72. The number of rotatable bonds is 3. The van der Waals surface area contributed by atoms with E-state index in [2.05, 4.69) is 18.2 Å². The van der Waals surface area contributed by atoms with Crippen molar-refractivity contribution < 1.29 is 4.79 Å². The van der Waals surface area contributed by atoms with Gasteiger partial charge in [-0.25, -0.2) is 0 Å². The summed E-state index contributed by atoms with van der Waals surface area (Å²) in [6.45, 7) is 0.856. The number of anilines is 1. The number of nitrogens with zero attached hydrogens (tertiary/aromatic N) is 1. The van der Waals surface area contributed by atoms with Crippen molar-refractivity contribution in [1.82, 2.24) is 0 Å². The van der Waals surface area contributed by atoms with Crippen LogP contribution >= 0.6 is 11.6 Å². The Bertz CT molecular complexity index is 454. The van der Waals surface area contributed by atoms with Crippen molar-refractivity contribution in [2.24, 2.45) is 5.92 Å². The predicted molar refractivity (Wildman–Crippen MR) is 69.6 cm³/mol. The Labute approximate surface area is 107 Å². The Morgan fingerprint density at radius 3 is 2.94 bits per heavy atom. The largest absolute Gasteiger partial charge is 0.312 e. The monoisotopic (exact) mass is 249 g/mol. The molecule has 0 saturated heterocycles. The molecule has 2 aliphatic rings. The van der Waals surface area contributed by atoms with Crippen LogP contribution in [0.3, 0.4) is 0 Å². The van der Waals surface area contributed by atoms with Crippen LogP contribution in [0.4, 0.5) is 5.69 Å². The fraction of sp³-hybridized carbons (Fsp3) is 0.500. The number of amides is 1. The van der Waals surface area contributed by atoms with Crippen LogP contribution in [0.15, 0.2) is 18.2 Å². The second-order valence-corrected chi connectivity index (χ2v) is 5.29. The zero-order valence-corrected chi connectivity index (χ0v) is 10.5. The van der Waals surface area contributed by atoms with Gasteiger partial charge < -0.3 is 4.90 Å². The van der Waals surface area contributed by atoms with Crippen LogP contribution in [0.5, 0.6) is 0 Å². The first-order valence-electron chi connectivity index (χ1n) is 6.29. The molecule has 1 aliphatic carbocycles. The summed E-state index contributed by atoms with van der Waals surface area (Å²) in [4.78, 5) is 14.1. The van der Waals surface area contributed by atoms with E-state index in [0.717, 1.165) is 37.9 Å². The zero-order chi connectivity index (χ0) is 11.8. The third-order valence-corrected chi connectivity index (χ3v) is 3.80. The van der Waals surface area contributed by atoms with E-state index >= 15 is 0 Å². The first kappa shape index (κ1) is 11.1. The van der Waals surface area contributed by atoms with Crippen molar-refractivity contribution in [1.29, 1.82) is 0 Å². The molecule has 0 unspecified atom stereocenters. The van der Waals surface area contributed by atoms with Gasteiger partial charge in [-0.1, -0.05) is 12.1 Å². The number of carbonyl (C=O) groups excluding carboxylic acids is 1. The average Bonchev–Trinajstić information content (AvgIpc) is 3.09. The molecule has 0 aromatic heterocycles. The molecule has 90 valence electrons. The van der Waals surface area contributed by atoms with Gasteiger partial charge in [0.2, 0.25) is 5.91 Å². The van der Waals surface area contributed by atoms with E-state index in [1.807, 2.05) is 4.90 Å². The van der Waals surface area contributed by atoms with Crippen molar-refractivity contribution in [3.05, 3.63) is 29.3 Å². The van der Waals surface area contributed by atoms with Crippen molar-refractivity contribution in [3.63, 3.8) is 0 Å². The molecule has 17 heavy (non-hydrogen) atoms. The number of benzene rings is 1. The Balaban J connectivity index is 1.84. The highest BCUT2D eigenvalue weighted by atomic mass is 35.5. The van der Waals surface area contributed by atoms with Crippen molar-refractivity contribution >= 4 is 23.2 Å². The van der Waals surface area contributed by atoms with Gasteiger partial charge in [-0.15, -0.1) is 11.6 Å². The van der Waals surface area contributed by atoms with Crippen LogP contribution in [0, 0.1) is 5.92 Å². The minimum atomic E-state index is 0.309. The molecule has 1 fully saturated rings. The van der Waals surface area contributed by atoms with Crippen molar-refractivity contribution in [2.75, 3.05) is 17.3 Å². The zero-order valence-electron chi connectivity index (χ0n) is 9.79. The minimum Gasteiger partial charge on any atom is -0.312 e. The van der Waals surface area contributed by atoms with Gasteiger partial charge in [0.15, 0.2) is 0 Å².